The molecule has 4 rings (SSSR count). The number of likely N-dealkylation sites (tertiary alicyclic amines) is 1. The summed E-state index contributed by atoms with van der Waals surface area (Å²) in [4.78, 5) is 39.2. The Balaban J connectivity index is 1.49. The zero-order valence-corrected chi connectivity index (χ0v) is 22.9. The SMILES string of the molecule is CCOC(=O)[C@H](CCN1CC(C(N)=O)C1)C[C@@H](Cc1ccc(-c2cc(Cl)ccc2F)cc1)NC(=O)c1cnn[nH]1. The number of esters is 1. The summed E-state index contributed by atoms with van der Waals surface area (Å²) in [6.07, 6.45) is 2.55. The highest BCUT2D eigenvalue weighted by Gasteiger charge is 2.33. The average molecular weight is 571 g/mol. The molecule has 0 spiro atoms. The first-order valence-corrected chi connectivity index (χ1v) is 13.5. The molecule has 2 aromatic carbocycles. The van der Waals surface area contributed by atoms with Crippen LogP contribution < -0.4 is 11.1 Å². The van der Waals surface area contributed by atoms with Crippen molar-refractivity contribution in [3.8, 4) is 11.1 Å². The van der Waals surface area contributed by atoms with Gasteiger partial charge in [0, 0.05) is 29.7 Å². The number of amides is 2. The fourth-order valence-electron chi connectivity index (χ4n) is 4.79. The van der Waals surface area contributed by atoms with E-state index >= 15 is 0 Å². The van der Waals surface area contributed by atoms with Crippen molar-refractivity contribution < 1.29 is 23.5 Å². The number of hydrogen-bond donors (Lipinski definition) is 3. The lowest BCUT2D eigenvalue weighted by molar-refractivity contribution is -0.149. The van der Waals surface area contributed by atoms with E-state index in [0.717, 1.165) is 5.56 Å². The Labute approximate surface area is 236 Å². The smallest absolute Gasteiger partial charge is 0.309 e. The van der Waals surface area contributed by atoms with Crippen LogP contribution in [0.3, 0.4) is 0 Å². The lowest BCUT2D eigenvalue weighted by Crippen LogP contribution is -2.53. The first-order chi connectivity index (χ1) is 19.2. The van der Waals surface area contributed by atoms with Gasteiger partial charge in [-0.25, -0.2) is 4.39 Å². The highest BCUT2D eigenvalue weighted by atomic mass is 35.5. The summed E-state index contributed by atoms with van der Waals surface area (Å²) in [6.45, 7) is 3.71. The number of carbonyl (C=O) groups excluding carboxylic acids is 3. The molecule has 0 saturated carbocycles. The van der Waals surface area contributed by atoms with Gasteiger partial charge in [-0.2, -0.15) is 0 Å². The predicted octanol–water partition coefficient (Wildman–Crippen LogP) is 2.98. The lowest BCUT2D eigenvalue weighted by atomic mass is 9.90. The maximum atomic E-state index is 14.4. The Kier molecular flexibility index (Phi) is 9.84. The maximum Gasteiger partial charge on any atom is 0.309 e. The molecule has 40 heavy (non-hydrogen) atoms. The molecule has 212 valence electrons. The van der Waals surface area contributed by atoms with Gasteiger partial charge >= 0.3 is 5.97 Å². The predicted molar refractivity (Wildman–Crippen MR) is 147 cm³/mol. The molecule has 12 heteroatoms. The van der Waals surface area contributed by atoms with Gasteiger partial charge < -0.3 is 20.7 Å². The van der Waals surface area contributed by atoms with Crippen LogP contribution in [0, 0.1) is 17.7 Å². The van der Waals surface area contributed by atoms with Crippen molar-refractivity contribution in [1.29, 1.82) is 0 Å². The number of hydrogen-bond acceptors (Lipinski definition) is 7. The fraction of sp³-hybridized carbons (Fsp3) is 0.393. The van der Waals surface area contributed by atoms with E-state index in [1.165, 1.54) is 18.3 Å². The van der Waals surface area contributed by atoms with Crippen molar-refractivity contribution in [3.63, 3.8) is 0 Å². The van der Waals surface area contributed by atoms with Crippen molar-refractivity contribution in [3.05, 3.63) is 70.8 Å². The van der Waals surface area contributed by atoms with Crippen LogP contribution in [-0.2, 0) is 20.7 Å². The molecule has 10 nitrogen and oxygen atoms in total. The summed E-state index contributed by atoms with van der Waals surface area (Å²) < 4.78 is 19.7. The third-order valence-electron chi connectivity index (χ3n) is 7.01. The summed E-state index contributed by atoms with van der Waals surface area (Å²) in [5.41, 5.74) is 7.51. The molecule has 3 aromatic rings. The zero-order chi connectivity index (χ0) is 28.6. The normalized spacial score (nSPS) is 15.2. The van der Waals surface area contributed by atoms with Crippen LogP contribution in [0.5, 0.6) is 0 Å². The van der Waals surface area contributed by atoms with Crippen LogP contribution in [0.2, 0.25) is 5.02 Å². The molecule has 1 fully saturated rings. The second-order valence-electron chi connectivity index (χ2n) is 9.90. The Bertz CT molecular complexity index is 1310. The minimum atomic E-state index is -0.488. The molecule has 1 aliphatic heterocycles. The summed E-state index contributed by atoms with van der Waals surface area (Å²) >= 11 is 6.05. The molecule has 2 atom stereocenters. The second-order valence-corrected chi connectivity index (χ2v) is 10.3. The summed E-state index contributed by atoms with van der Waals surface area (Å²) in [5.74, 6) is -2.10. The molecular formula is C28H32ClFN6O4. The molecular weight excluding hydrogens is 539 g/mol. The van der Waals surface area contributed by atoms with Crippen molar-refractivity contribution in [2.45, 2.75) is 32.2 Å². The molecule has 1 aromatic heterocycles. The minimum absolute atomic E-state index is 0.167. The number of carbonyl (C=O) groups is 3. The summed E-state index contributed by atoms with van der Waals surface area (Å²) in [7, 11) is 0. The number of nitrogens with one attached hydrogen (secondary N) is 2. The highest BCUT2D eigenvalue weighted by Crippen LogP contribution is 2.27. The van der Waals surface area contributed by atoms with Gasteiger partial charge in [-0.1, -0.05) is 41.1 Å². The number of nitrogens with two attached hydrogens (primary N) is 1. The molecule has 4 N–H and O–H groups in total. The number of aromatic amines is 1. The van der Waals surface area contributed by atoms with E-state index in [0.29, 0.717) is 55.0 Å². The summed E-state index contributed by atoms with van der Waals surface area (Å²) in [6, 6.07) is 11.3. The van der Waals surface area contributed by atoms with Crippen molar-refractivity contribution in [1.82, 2.24) is 25.6 Å². The fourth-order valence-corrected chi connectivity index (χ4v) is 4.97. The first-order valence-electron chi connectivity index (χ1n) is 13.1. The topological polar surface area (TPSA) is 143 Å². The highest BCUT2D eigenvalue weighted by molar-refractivity contribution is 6.30. The van der Waals surface area contributed by atoms with Crippen LogP contribution in [0.15, 0.2) is 48.7 Å². The molecule has 1 aliphatic rings. The number of H-pyrrole nitrogens is 1. The van der Waals surface area contributed by atoms with E-state index in [9.17, 15) is 18.8 Å². The molecule has 2 heterocycles. The number of aromatic nitrogens is 3. The number of rotatable bonds is 13. The second kappa shape index (κ2) is 13.5. The van der Waals surface area contributed by atoms with Gasteiger partial charge in [-0.05, 0) is 62.1 Å². The Morgan fingerprint density at radius 1 is 1.23 bits per heavy atom. The number of primary amides is 1. The van der Waals surface area contributed by atoms with Gasteiger partial charge in [0.05, 0.1) is 24.6 Å². The number of halogens is 2. The van der Waals surface area contributed by atoms with Crippen LogP contribution in [0.25, 0.3) is 11.1 Å². The molecule has 0 unspecified atom stereocenters. The Morgan fingerprint density at radius 2 is 1.98 bits per heavy atom. The maximum absolute atomic E-state index is 14.4. The Morgan fingerprint density at radius 3 is 2.62 bits per heavy atom. The van der Waals surface area contributed by atoms with E-state index in [1.807, 2.05) is 12.1 Å². The van der Waals surface area contributed by atoms with Crippen molar-refractivity contribution in [2.75, 3.05) is 26.2 Å². The quantitative estimate of drug-likeness (QED) is 0.268. The Hall–Kier alpha value is -3.83. The van der Waals surface area contributed by atoms with Gasteiger partial charge in [0.15, 0.2) is 0 Å². The molecule has 0 bridgehead atoms. The van der Waals surface area contributed by atoms with Gasteiger partial charge in [0.25, 0.3) is 5.91 Å². The first kappa shape index (κ1) is 29.2. The van der Waals surface area contributed by atoms with E-state index in [2.05, 4.69) is 25.6 Å². The third-order valence-corrected chi connectivity index (χ3v) is 7.25. The monoisotopic (exact) mass is 570 g/mol. The zero-order valence-electron chi connectivity index (χ0n) is 22.1. The molecule has 2 amide bonds. The van der Waals surface area contributed by atoms with Crippen molar-refractivity contribution in [2.24, 2.45) is 17.6 Å². The van der Waals surface area contributed by atoms with E-state index in [-0.39, 0.29) is 35.9 Å². The molecule has 1 saturated heterocycles. The van der Waals surface area contributed by atoms with Crippen molar-refractivity contribution >= 4 is 29.4 Å². The van der Waals surface area contributed by atoms with Crippen LogP contribution in [0.1, 0.15) is 35.8 Å². The van der Waals surface area contributed by atoms with E-state index in [1.54, 1.807) is 25.1 Å². The largest absolute Gasteiger partial charge is 0.466 e. The van der Waals surface area contributed by atoms with E-state index < -0.39 is 17.9 Å². The average Bonchev–Trinajstić information content (AvgIpc) is 3.44. The minimum Gasteiger partial charge on any atom is -0.466 e. The standard InChI is InChI=1S/C28H32ClFN6O4/c1-2-40-28(39)19(9-10-36-15-20(16-36)26(31)37)12-22(33-27(38)25-14-32-35-34-25)11-17-3-5-18(6-4-17)23-13-21(29)7-8-24(23)30/h3-8,13-14,19-20,22H,2,9-12,15-16H2,1H3,(H2,31,37)(H,33,38)(H,32,34,35)/t19-,22-/m1/s1. The van der Waals surface area contributed by atoms with Crippen LogP contribution in [-0.4, -0.2) is 70.4 Å². The number of benzene rings is 2. The number of nitrogens with zero attached hydrogens (tertiary/aromatic N) is 3. The van der Waals surface area contributed by atoms with E-state index in [4.69, 9.17) is 22.1 Å². The lowest BCUT2D eigenvalue weighted by Gasteiger charge is -2.38. The third kappa shape index (κ3) is 7.64. The summed E-state index contributed by atoms with van der Waals surface area (Å²) in [5, 5.41) is 13.2. The van der Waals surface area contributed by atoms with Crippen LogP contribution >= 0.6 is 11.6 Å². The number of ether oxygens (including phenoxy) is 1. The van der Waals surface area contributed by atoms with Gasteiger partial charge in [0.2, 0.25) is 5.91 Å². The van der Waals surface area contributed by atoms with Gasteiger partial charge in [0.1, 0.15) is 11.5 Å². The van der Waals surface area contributed by atoms with Gasteiger partial charge in [-0.15, -0.1) is 5.10 Å². The van der Waals surface area contributed by atoms with Gasteiger partial charge in [-0.3, -0.25) is 19.5 Å². The van der Waals surface area contributed by atoms with Crippen LogP contribution in [0.4, 0.5) is 4.39 Å². The molecule has 0 radical (unpaired) electrons. The molecule has 0 aliphatic carbocycles.